The number of aromatic nitrogens is 1. The lowest BCUT2D eigenvalue weighted by atomic mass is 10.2. The van der Waals surface area contributed by atoms with Gasteiger partial charge in [0.15, 0.2) is 0 Å². The van der Waals surface area contributed by atoms with Crippen LogP contribution in [-0.2, 0) is 4.74 Å². The molecule has 2 aromatic heterocycles. The minimum Gasteiger partial charge on any atom is -0.464 e. The molecule has 18 heavy (non-hydrogen) atoms. The van der Waals surface area contributed by atoms with Crippen molar-refractivity contribution in [2.75, 3.05) is 38.3 Å². The van der Waals surface area contributed by atoms with Crippen LogP contribution in [0.3, 0.4) is 0 Å². The Labute approximate surface area is 106 Å². The van der Waals surface area contributed by atoms with Gasteiger partial charge in [-0.2, -0.15) is 0 Å². The molecule has 1 unspecified atom stereocenters. The molecule has 1 N–H and O–H groups in total. The number of rotatable bonds is 3. The van der Waals surface area contributed by atoms with Gasteiger partial charge in [-0.25, -0.2) is 4.98 Å². The van der Waals surface area contributed by atoms with Crippen molar-refractivity contribution in [1.82, 2.24) is 10.3 Å². The van der Waals surface area contributed by atoms with Crippen LogP contribution in [0.2, 0.25) is 0 Å². The van der Waals surface area contributed by atoms with Gasteiger partial charge in [-0.3, -0.25) is 0 Å². The van der Waals surface area contributed by atoms with Crippen molar-refractivity contribution >= 4 is 16.8 Å². The Morgan fingerprint density at radius 1 is 1.50 bits per heavy atom. The maximum atomic E-state index is 5.55. The van der Waals surface area contributed by atoms with Crippen LogP contribution in [-0.4, -0.2) is 44.4 Å². The summed E-state index contributed by atoms with van der Waals surface area (Å²) in [5.74, 6) is 0.991. The molecule has 0 amide bonds. The van der Waals surface area contributed by atoms with Crippen LogP contribution in [0.15, 0.2) is 29.0 Å². The van der Waals surface area contributed by atoms with E-state index in [9.17, 15) is 0 Å². The first-order valence-electron chi connectivity index (χ1n) is 6.21. The summed E-state index contributed by atoms with van der Waals surface area (Å²) in [6.45, 7) is 3.23. The third-order valence-electron chi connectivity index (χ3n) is 3.30. The second-order valence-electron chi connectivity index (χ2n) is 4.45. The molecule has 0 radical (unpaired) electrons. The van der Waals surface area contributed by atoms with Crippen molar-refractivity contribution < 1.29 is 9.15 Å². The van der Waals surface area contributed by atoms with Gasteiger partial charge >= 0.3 is 0 Å². The summed E-state index contributed by atoms with van der Waals surface area (Å²) in [5, 5.41) is 4.28. The van der Waals surface area contributed by atoms with Gasteiger partial charge in [0.2, 0.25) is 0 Å². The molecule has 1 aliphatic heterocycles. The van der Waals surface area contributed by atoms with Crippen molar-refractivity contribution in [1.29, 1.82) is 0 Å². The molecule has 1 atom stereocenters. The Morgan fingerprint density at radius 2 is 2.44 bits per heavy atom. The number of ether oxygens (including phenoxy) is 1. The van der Waals surface area contributed by atoms with Gasteiger partial charge in [0, 0.05) is 19.3 Å². The normalized spacial score (nSPS) is 20.5. The van der Waals surface area contributed by atoms with Crippen molar-refractivity contribution in [3.8, 4) is 0 Å². The number of furan rings is 1. The van der Waals surface area contributed by atoms with Crippen molar-refractivity contribution in [2.24, 2.45) is 0 Å². The zero-order valence-corrected chi connectivity index (χ0v) is 10.4. The van der Waals surface area contributed by atoms with Crippen LogP contribution in [0.5, 0.6) is 0 Å². The topological polar surface area (TPSA) is 50.5 Å². The Bertz CT molecular complexity index is 524. The summed E-state index contributed by atoms with van der Waals surface area (Å²) < 4.78 is 11.0. The fraction of sp³-hybridized carbons (Fsp3) is 0.462. The highest BCUT2D eigenvalue weighted by atomic mass is 16.5. The Balaban J connectivity index is 1.98. The van der Waals surface area contributed by atoms with E-state index in [2.05, 4.69) is 15.2 Å². The highest BCUT2D eigenvalue weighted by molar-refractivity contribution is 5.88. The van der Waals surface area contributed by atoms with Crippen LogP contribution in [0.4, 0.5) is 5.82 Å². The summed E-state index contributed by atoms with van der Waals surface area (Å²) >= 11 is 0. The molecule has 96 valence electrons. The lowest BCUT2D eigenvalue weighted by Crippen LogP contribution is -2.50. The summed E-state index contributed by atoms with van der Waals surface area (Å²) in [6, 6.07) is 4.19. The SMILES string of the molecule is CNCC1COCCN1c1nccc2occc12. The number of hydrogen-bond acceptors (Lipinski definition) is 5. The van der Waals surface area contributed by atoms with Crippen LogP contribution in [0.1, 0.15) is 0 Å². The molecule has 3 rings (SSSR count). The Hall–Kier alpha value is -1.59. The summed E-state index contributed by atoms with van der Waals surface area (Å²) in [4.78, 5) is 6.82. The minimum atomic E-state index is 0.316. The highest BCUT2D eigenvalue weighted by Gasteiger charge is 2.25. The molecular weight excluding hydrogens is 230 g/mol. The molecule has 2 aromatic rings. The first-order valence-corrected chi connectivity index (χ1v) is 6.21. The second kappa shape index (κ2) is 4.96. The zero-order chi connectivity index (χ0) is 12.4. The van der Waals surface area contributed by atoms with Gasteiger partial charge in [-0.05, 0) is 19.2 Å². The summed E-state index contributed by atoms with van der Waals surface area (Å²) in [5.41, 5.74) is 0.884. The standard InChI is InChI=1S/C13H17N3O2/c1-14-8-10-9-17-7-5-16(10)13-11-3-6-18-12(11)2-4-15-13/h2-4,6,10,14H,5,7-9H2,1H3. The second-order valence-corrected chi connectivity index (χ2v) is 4.45. The number of nitrogens with one attached hydrogen (secondary N) is 1. The molecule has 0 aromatic carbocycles. The van der Waals surface area contributed by atoms with Gasteiger partial charge < -0.3 is 19.4 Å². The number of morpholine rings is 1. The number of fused-ring (bicyclic) bond motifs is 1. The lowest BCUT2D eigenvalue weighted by Gasteiger charge is -2.36. The molecular formula is C13H17N3O2. The molecule has 0 aliphatic carbocycles. The van der Waals surface area contributed by atoms with E-state index in [1.165, 1.54) is 0 Å². The van der Waals surface area contributed by atoms with Gasteiger partial charge in [-0.15, -0.1) is 0 Å². The number of pyridine rings is 1. The smallest absolute Gasteiger partial charge is 0.140 e. The first kappa shape index (κ1) is 11.5. The van der Waals surface area contributed by atoms with E-state index in [4.69, 9.17) is 9.15 Å². The van der Waals surface area contributed by atoms with Crippen LogP contribution < -0.4 is 10.2 Å². The third-order valence-corrected chi connectivity index (χ3v) is 3.30. The van der Waals surface area contributed by atoms with E-state index in [0.29, 0.717) is 6.04 Å². The predicted molar refractivity (Wildman–Crippen MR) is 69.9 cm³/mol. The van der Waals surface area contributed by atoms with E-state index in [0.717, 1.165) is 43.1 Å². The number of likely N-dealkylation sites (N-methyl/N-ethyl adjacent to an activating group) is 1. The van der Waals surface area contributed by atoms with Gasteiger partial charge in [-0.1, -0.05) is 0 Å². The average molecular weight is 247 g/mol. The van der Waals surface area contributed by atoms with Crippen molar-refractivity contribution in [2.45, 2.75) is 6.04 Å². The van der Waals surface area contributed by atoms with Crippen LogP contribution in [0.25, 0.3) is 11.0 Å². The molecule has 5 nitrogen and oxygen atoms in total. The zero-order valence-electron chi connectivity index (χ0n) is 10.4. The lowest BCUT2D eigenvalue weighted by molar-refractivity contribution is 0.0941. The largest absolute Gasteiger partial charge is 0.464 e. The van der Waals surface area contributed by atoms with E-state index >= 15 is 0 Å². The number of hydrogen-bond donors (Lipinski definition) is 1. The summed E-state index contributed by atoms with van der Waals surface area (Å²) in [7, 11) is 1.96. The molecule has 0 saturated carbocycles. The van der Waals surface area contributed by atoms with E-state index in [1.807, 2.05) is 19.2 Å². The van der Waals surface area contributed by atoms with Gasteiger partial charge in [0.1, 0.15) is 11.4 Å². The predicted octanol–water partition coefficient (Wildman–Crippen LogP) is 1.25. The molecule has 0 bridgehead atoms. The molecule has 1 fully saturated rings. The molecule has 5 heteroatoms. The molecule has 0 spiro atoms. The fourth-order valence-corrected chi connectivity index (χ4v) is 2.45. The van der Waals surface area contributed by atoms with Gasteiger partial charge in [0.25, 0.3) is 0 Å². The van der Waals surface area contributed by atoms with E-state index < -0.39 is 0 Å². The minimum absolute atomic E-state index is 0.316. The highest BCUT2D eigenvalue weighted by Crippen LogP contribution is 2.27. The average Bonchev–Trinajstić information content (AvgIpc) is 2.88. The maximum Gasteiger partial charge on any atom is 0.140 e. The number of nitrogens with zero attached hydrogens (tertiary/aromatic N) is 2. The molecule has 1 aliphatic rings. The van der Waals surface area contributed by atoms with E-state index in [1.54, 1.807) is 12.5 Å². The summed E-state index contributed by atoms with van der Waals surface area (Å²) in [6.07, 6.45) is 3.51. The van der Waals surface area contributed by atoms with Crippen molar-refractivity contribution in [3.05, 3.63) is 24.6 Å². The number of anilines is 1. The third kappa shape index (κ3) is 1.95. The quantitative estimate of drug-likeness (QED) is 0.884. The Morgan fingerprint density at radius 3 is 3.33 bits per heavy atom. The van der Waals surface area contributed by atoms with E-state index in [-0.39, 0.29) is 0 Å². The molecule has 1 saturated heterocycles. The van der Waals surface area contributed by atoms with Gasteiger partial charge in [0.05, 0.1) is 30.9 Å². The molecule has 3 heterocycles. The van der Waals surface area contributed by atoms with Crippen LogP contribution >= 0.6 is 0 Å². The van der Waals surface area contributed by atoms with Crippen molar-refractivity contribution in [3.63, 3.8) is 0 Å². The Kier molecular flexibility index (Phi) is 3.17. The first-order chi connectivity index (χ1) is 8.90. The fourth-order valence-electron chi connectivity index (χ4n) is 2.45. The maximum absolute atomic E-state index is 5.55. The monoisotopic (exact) mass is 247 g/mol. The van der Waals surface area contributed by atoms with Crippen LogP contribution in [0, 0.1) is 0 Å².